The number of aromatic hydroxyl groups is 1. The van der Waals surface area contributed by atoms with Gasteiger partial charge in [0.2, 0.25) is 5.91 Å². The van der Waals surface area contributed by atoms with Crippen molar-refractivity contribution in [3.63, 3.8) is 0 Å². The van der Waals surface area contributed by atoms with E-state index in [0.717, 1.165) is 35.1 Å². The second-order valence-electron chi connectivity index (χ2n) is 7.20. The van der Waals surface area contributed by atoms with Crippen LogP contribution in [-0.4, -0.2) is 41.7 Å². The maximum Gasteiger partial charge on any atom is 0.234 e. The fourth-order valence-electron chi connectivity index (χ4n) is 3.44. The summed E-state index contributed by atoms with van der Waals surface area (Å²) in [7, 11) is 0. The smallest absolute Gasteiger partial charge is 0.234 e. The molecule has 136 valence electrons. The Kier molecular flexibility index (Phi) is 4.55. The van der Waals surface area contributed by atoms with Crippen LogP contribution >= 0.6 is 0 Å². The van der Waals surface area contributed by atoms with Gasteiger partial charge in [0.05, 0.1) is 6.54 Å². The number of carbonyl (C=O) groups is 1. The van der Waals surface area contributed by atoms with Crippen molar-refractivity contribution in [1.29, 1.82) is 0 Å². The Balaban J connectivity index is 1.59. The first kappa shape index (κ1) is 16.9. The lowest BCUT2D eigenvalue weighted by Gasteiger charge is -2.19. The molecule has 0 atom stereocenters. The van der Waals surface area contributed by atoms with Gasteiger partial charge < -0.3 is 15.2 Å². The summed E-state index contributed by atoms with van der Waals surface area (Å²) in [6.07, 6.45) is 2.18. The van der Waals surface area contributed by atoms with Gasteiger partial charge in [0.1, 0.15) is 6.61 Å². The number of hydrogen-bond donors (Lipinski definition) is 2. The van der Waals surface area contributed by atoms with Gasteiger partial charge in [0.25, 0.3) is 0 Å². The van der Waals surface area contributed by atoms with Crippen LogP contribution in [0.5, 0.6) is 11.5 Å². The number of hydrogen-bond acceptors (Lipinski definition) is 4. The molecule has 1 aliphatic carbocycles. The zero-order valence-electron chi connectivity index (χ0n) is 15.0. The van der Waals surface area contributed by atoms with Crippen LogP contribution < -0.4 is 10.1 Å². The van der Waals surface area contributed by atoms with Crippen molar-refractivity contribution in [2.24, 2.45) is 0 Å². The maximum absolute atomic E-state index is 12.1. The largest absolute Gasteiger partial charge is 0.504 e. The molecule has 2 aromatic carbocycles. The number of nitrogens with zero attached hydrogens (tertiary/aromatic N) is 1. The first-order valence-electron chi connectivity index (χ1n) is 9.16. The molecule has 0 radical (unpaired) electrons. The van der Waals surface area contributed by atoms with Gasteiger partial charge in [-0.05, 0) is 48.6 Å². The predicted octanol–water partition coefficient (Wildman–Crippen LogP) is 2.84. The van der Waals surface area contributed by atoms with E-state index in [0.29, 0.717) is 38.0 Å². The van der Waals surface area contributed by atoms with Crippen LogP contribution in [0, 0.1) is 6.92 Å². The van der Waals surface area contributed by atoms with Gasteiger partial charge in [0, 0.05) is 24.7 Å². The lowest BCUT2D eigenvalue weighted by atomic mass is 9.98. The van der Waals surface area contributed by atoms with Crippen molar-refractivity contribution < 1.29 is 14.6 Å². The molecule has 26 heavy (non-hydrogen) atoms. The van der Waals surface area contributed by atoms with Crippen LogP contribution in [-0.2, 0) is 11.3 Å². The molecule has 1 amide bonds. The highest BCUT2D eigenvalue weighted by atomic mass is 16.5. The molecule has 1 saturated carbocycles. The van der Waals surface area contributed by atoms with Gasteiger partial charge in [-0.25, -0.2) is 0 Å². The Morgan fingerprint density at radius 2 is 2.12 bits per heavy atom. The summed E-state index contributed by atoms with van der Waals surface area (Å²) in [6, 6.07) is 12.3. The van der Waals surface area contributed by atoms with Crippen LogP contribution in [0.25, 0.3) is 11.1 Å². The predicted molar refractivity (Wildman–Crippen MR) is 100 cm³/mol. The molecule has 1 heterocycles. The van der Waals surface area contributed by atoms with Crippen LogP contribution in [0.1, 0.15) is 24.0 Å². The normalized spacial score (nSPS) is 17.1. The fourth-order valence-corrected chi connectivity index (χ4v) is 3.44. The summed E-state index contributed by atoms with van der Waals surface area (Å²) in [4.78, 5) is 14.2. The highest BCUT2D eigenvalue weighted by Gasteiger charge is 2.25. The zero-order chi connectivity index (χ0) is 18.1. The summed E-state index contributed by atoms with van der Waals surface area (Å²) >= 11 is 0. The minimum Gasteiger partial charge on any atom is -0.504 e. The van der Waals surface area contributed by atoms with Crippen LogP contribution in [0.15, 0.2) is 36.4 Å². The van der Waals surface area contributed by atoms with Gasteiger partial charge in [-0.2, -0.15) is 0 Å². The number of phenolic OH excluding ortho intramolecular Hbond substituents is 1. The van der Waals surface area contributed by atoms with E-state index in [-0.39, 0.29) is 11.7 Å². The molecule has 0 saturated heterocycles. The van der Waals surface area contributed by atoms with Crippen molar-refractivity contribution in [2.45, 2.75) is 32.4 Å². The number of aryl methyl sites for hydroxylation is 1. The lowest BCUT2D eigenvalue weighted by molar-refractivity contribution is -0.122. The second kappa shape index (κ2) is 7.00. The summed E-state index contributed by atoms with van der Waals surface area (Å²) in [5, 5.41) is 13.5. The fraction of sp³-hybridized carbons (Fsp3) is 0.381. The molecule has 1 fully saturated rings. The Bertz CT molecular complexity index is 830. The number of nitrogens with one attached hydrogen (secondary N) is 1. The molecule has 4 rings (SSSR count). The van der Waals surface area contributed by atoms with Gasteiger partial charge in [0.15, 0.2) is 11.5 Å². The third-order valence-corrected chi connectivity index (χ3v) is 4.96. The average molecular weight is 352 g/mol. The zero-order valence-corrected chi connectivity index (χ0v) is 15.0. The summed E-state index contributed by atoms with van der Waals surface area (Å²) < 4.78 is 5.78. The topological polar surface area (TPSA) is 61.8 Å². The van der Waals surface area contributed by atoms with E-state index in [4.69, 9.17) is 4.74 Å². The Morgan fingerprint density at radius 3 is 2.88 bits per heavy atom. The quantitative estimate of drug-likeness (QED) is 0.888. The van der Waals surface area contributed by atoms with Crippen molar-refractivity contribution in [3.8, 4) is 22.6 Å². The number of benzene rings is 2. The van der Waals surface area contributed by atoms with E-state index in [2.05, 4.69) is 35.3 Å². The summed E-state index contributed by atoms with van der Waals surface area (Å²) in [5.74, 6) is 0.757. The highest BCUT2D eigenvalue weighted by molar-refractivity contribution is 5.78. The van der Waals surface area contributed by atoms with Crippen molar-refractivity contribution in [2.75, 3.05) is 19.7 Å². The minimum atomic E-state index is 0.0650. The van der Waals surface area contributed by atoms with Crippen LogP contribution in [0.4, 0.5) is 0 Å². The molecule has 2 aliphatic rings. The number of carbonyl (C=O) groups excluding carboxylic acids is 1. The number of fused-ring (bicyclic) bond motifs is 1. The third kappa shape index (κ3) is 3.68. The Hall–Kier alpha value is -2.53. The molecular weight excluding hydrogens is 328 g/mol. The molecule has 5 heteroatoms. The molecule has 2 aromatic rings. The maximum atomic E-state index is 12.1. The number of phenols is 1. The van der Waals surface area contributed by atoms with E-state index >= 15 is 0 Å². The number of ether oxygens (including phenoxy) is 1. The van der Waals surface area contributed by atoms with Crippen molar-refractivity contribution in [1.82, 2.24) is 10.2 Å². The van der Waals surface area contributed by atoms with E-state index < -0.39 is 0 Å². The van der Waals surface area contributed by atoms with Gasteiger partial charge in [-0.15, -0.1) is 0 Å². The van der Waals surface area contributed by atoms with Crippen molar-refractivity contribution in [3.05, 3.63) is 47.5 Å². The molecule has 2 N–H and O–H groups in total. The first-order valence-corrected chi connectivity index (χ1v) is 9.16. The SMILES string of the molecule is Cc1ccccc1-c1cc(O)c2c(c1)CN(CC(=O)NC1CC1)CCO2. The average Bonchev–Trinajstić information content (AvgIpc) is 3.42. The van der Waals surface area contributed by atoms with Crippen LogP contribution in [0.2, 0.25) is 0 Å². The summed E-state index contributed by atoms with van der Waals surface area (Å²) in [6.45, 7) is 4.12. The van der Waals surface area contributed by atoms with E-state index in [9.17, 15) is 9.90 Å². The van der Waals surface area contributed by atoms with E-state index in [1.807, 2.05) is 12.1 Å². The monoisotopic (exact) mass is 352 g/mol. The lowest BCUT2D eigenvalue weighted by Crippen LogP contribution is -2.38. The molecule has 1 aliphatic heterocycles. The second-order valence-corrected chi connectivity index (χ2v) is 7.20. The first-order chi connectivity index (χ1) is 12.6. The Labute approximate surface area is 153 Å². The Morgan fingerprint density at radius 1 is 1.31 bits per heavy atom. The number of rotatable bonds is 4. The van der Waals surface area contributed by atoms with Gasteiger partial charge >= 0.3 is 0 Å². The van der Waals surface area contributed by atoms with E-state index in [1.165, 1.54) is 0 Å². The standard InChI is InChI=1S/C21H24N2O3/c1-14-4-2-3-5-18(14)15-10-16-12-23(13-20(25)22-17-6-7-17)8-9-26-21(16)19(24)11-15/h2-5,10-11,17,24H,6-9,12-13H2,1H3,(H,22,25). The van der Waals surface area contributed by atoms with E-state index in [1.54, 1.807) is 6.07 Å². The van der Waals surface area contributed by atoms with Gasteiger partial charge in [-0.1, -0.05) is 24.3 Å². The van der Waals surface area contributed by atoms with Crippen molar-refractivity contribution >= 4 is 5.91 Å². The third-order valence-electron chi connectivity index (χ3n) is 4.96. The van der Waals surface area contributed by atoms with Crippen LogP contribution in [0.3, 0.4) is 0 Å². The highest BCUT2D eigenvalue weighted by Crippen LogP contribution is 2.38. The number of amides is 1. The molecular formula is C21H24N2O3. The molecule has 0 spiro atoms. The molecule has 0 bridgehead atoms. The molecule has 5 nitrogen and oxygen atoms in total. The minimum absolute atomic E-state index is 0.0650. The van der Waals surface area contributed by atoms with Gasteiger partial charge in [-0.3, -0.25) is 9.69 Å². The summed E-state index contributed by atoms with van der Waals surface area (Å²) in [5.41, 5.74) is 4.13. The molecule has 0 unspecified atom stereocenters. The molecule has 0 aromatic heterocycles.